The van der Waals surface area contributed by atoms with Gasteiger partial charge in [-0.15, -0.1) is 0 Å². The number of carbonyl (C=O) groups is 7. The maximum absolute atomic E-state index is 13.8. The maximum atomic E-state index is 13.8. The summed E-state index contributed by atoms with van der Waals surface area (Å²) in [6.07, 6.45) is 4.63. The van der Waals surface area contributed by atoms with Crippen molar-refractivity contribution in [2.24, 2.45) is 16.5 Å². The summed E-state index contributed by atoms with van der Waals surface area (Å²) < 4.78 is 10.9. The highest BCUT2D eigenvalue weighted by atomic mass is 16.5. The minimum absolute atomic E-state index is 0.0268. The first-order valence-corrected chi connectivity index (χ1v) is 17.5. The molecule has 4 rings (SSSR count). The van der Waals surface area contributed by atoms with Crippen LogP contribution >= 0.6 is 0 Å². The van der Waals surface area contributed by atoms with Gasteiger partial charge in [0.05, 0.1) is 32.8 Å². The summed E-state index contributed by atoms with van der Waals surface area (Å²) in [5.41, 5.74) is 16.3. The van der Waals surface area contributed by atoms with Gasteiger partial charge >= 0.3 is 11.9 Å². The SMILES string of the molecule is NC(N)=NCCC[C@@H](NC(=O)C(CNC(=O)/C=C/c1ccc2c(c1)COC2)NC(=O)/C=C/c1ccc2c(c1)COC2)C(=O)N[C@H](CC(=O)O)C(=O)NCC(=O)O. The van der Waals surface area contributed by atoms with Crippen molar-refractivity contribution in [2.45, 2.75) is 63.8 Å². The third-order valence-corrected chi connectivity index (χ3v) is 8.46. The van der Waals surface area contributed by atoms with Crippen LogP contribution in [-0.2, 0) is 69.5 Å². The molecule has 0 saturated heterocycles. The van der Waals surface area contributed by atoms with Gasteiger partial charge in [-0.2, -0.15) is 0 Å². The van der Waals surface area contributed by atoms with Crippen LogP contribution in [0.1, 0.15) is 52.6 Å². The zero-order valence-corrected chi connectivity index (χ0v) is 30.2. The van der Waals surface area contributed by atoms with E-state index in [-0.39, 0.29) is 25.3 Å². The molecule has 0 bridgehead atoms. The third kappa shape index (κ3) is 13.7. The van der Waals surface area contributed by atoms with Crippen LogP contribution in [0.2, 0.25) is 0 Å². The van der Waals surface area contributed by atoms with Crippen LogP contribution < -0.4 is 38.1 Å². The molecule has 19 nitrogen and oxygen atoms in total. The molecular formula is C37H44N8O11. The molecule has 0 radical (unpaired) electrons. The number of ether oxygens (including phenoxy) is 2. The normalized spacial score (nSPS) is 14.5. The van der Waals surface area contributed by atoms with E-state index in [2.05, 4.69) is 26.3 Å². The number of guanidine groups is 1. The number of aliphatic imine (C=N–C) groups is 1. The van der Waals surface area contributed by atoms with Gasteiger partial charge in [-0.05, 0) is 70.5 Å². The average molecular weight is 777 g/mol. The molecule has 11 N–H and O–H groups in total. The van der Waals surface area contributed by atoms with E-state index in [1.807, 2.05) is 35.6 Å². The van der Waals surface area contributed by atoms with Crippen LogP contribution in [0, 0.1) is 0 Å². The molecule has 0 spiro atoms. The molecular weight excluding hydrogens is 732 g/mol. The van der Waals surface area contributed by atoms with Gasteiger partial charge in [0.25, 0.3) is 0 Å². The van der Waals surface area contributed by atoms with Gasteiger partial charge in [0.1, 0.15) is 24.7 Å². The number of rotatable bonds is 20. The van der Waals surface area contributed by atoms with E-state index in [0.29, 0.717) is 32.0 Å². The molecule has 2 aromatic rings. The highest BCUT2D eigenvalue weighted by Crippen LogP contribution is 2.22. The lowest BCUT2D eigenvalue weighted by Crippen LogP contribution is -2.58. The van der Waals surface area contributed by atoms with Gasteiger partial charge in [0.2, 0.25) is 29.5 Å². The van der Waals surface area contributed by atoms with E-state index >= 15 is 0 Å². The monoisotopic (exact) mass is 776 g/mol. The zero-order chi connectivity index (χ0) is 40.6. The molecule has 1 unspecified atom stereocenters. The lowest BCUT2D eigenvalue weighted by Gasteiger charge is -2.25. The van der Waals surface area contributed by atoms with Crippen molar-refractivity contribution in [3.8, 4) is 0 Å². The zero-order valence-electron chi connectivity index (χ0n) is 30.2. The van der Waals surface area contributed by atoms with Gasteiger partial charge in [0, 0.05) is 25.2 Å². The van der Waals surface area contributed by atoms with Crippen LogP contribution in [0.15, 0.2) is 53.5 Å². The largest absolute Gasteiger partial charge is 0.481 e. The Labute approximate surface area is 320 Å². The number of benzene rings is 2. The first-order valence-electron chi connectivity index (χ1n) is 17.5. The van der Waals surface area contributed by atoms with Gasteiger partial charge in [-0.1, -0.05) is 24.3 Å². The van der Waals surface area contributed by atoms with E-state index in [4.69, 9.17) is 26.0 Å². The van der Waals surface area contributed by atoms with Crippen molar-refractivity contribution in [1.29, 1.82) is 0 Å². The van der Waals surface area contributed by atoms with Crippen molar-refractivity contribution < 1.29 is 53.2 Å². The summed E-state index contributed by atoms with van der Waals surface area (Å²) >= 11 is 0. The molecule has 2 aliphatic rings. The predicted octanol–water partition coefficient (Wildman–Crippen LogP) is -1.23. The molecule has 2 aliphatic heterocycles. The first-order chi connectivity index (χ1) is 26.8. The number of aliphatic carboxylic acids is 2. The van der Waals surface area contributed by atoms with E-state index < -0.39 is 79.1 Å². The summed E-state index contributed by atoms with van der Waals surface area (Å²) in [6, 6.07) is 6.55. The number of amides is 5. The Bertz CT molecular complexity index is 1910. The number of nitrogens with two attached hydrogens (primary N) is 2. The van der Waals surface area contributed by atoms with Crippen LogP contribution in [0.3, 0.4) is 0 Å². The maximum Gasteiger partial charge on any atom is 0.322 e. The van der Waals surface area contributed by atoms with Crippen molar-refractivity contribution in [1.82, 2.24) is 26.6 Å². The number of fused-ring (bicyclic) bond motifs is 2. The van der Waals surface area contributed by atoms with E-state index in [1.54, 1.807) is 12.1 Å². The van der Waals surface area contributed by atoms with Gasteiger partial charge in [-0.25, -0.2) is 0 Å². The summed E-state index contributed by atoms with van der Waals surface area (Å²) in [4.78, 5) is 92.2. The molecule has 2 heterocycles. The van der Waals surface area contributed by atoms with Crippen molar-refractivity contribution in [3.63, 3.8) is 0 Å². The molecule has 0 aliphatic carbocycles. The lowest BCUT2D eigenvalue weighted by molar-refractivity contribution is -0.141. The highest BCUT2D eigenvalue weighted by molar-refractivity contribution is 5.99. The first kappa shape index (κ1) is 42.1. The number of carboxylic acid groups (broad SMARTS) is 2. The molecule has 19 heteroatoms. The fourth-order valence-corrected chi connectivity index (χ4v) is 5.61. The number of nitrogens with zero attached hydrogens (tertiary/aromatic N) is 1. The summed E-state index contributed by atoms with van der Waals surface area (Å²) in [5.74, 6) is -7.44. The van der Waals surface area contributed by atoms with Crippen LogP contribution in [0.5, 0.6) is 0 Å². The standard InChI is InChI=1S/C37H44N8O11/c38-37(39)40-11-1-2-27(35(53)45-28(14-32(48)49)34(52)42-16-33(50)51)44-36(54)29(43-31(47)10-6-22-4-8-24-18-56-20-26(24)13-22)15-41-30(46)9-5-21-3-7-23-17-55-19-25(23)12-21/h3-10,12-13,27-29H,1-2,11,14-20H2,(H,41,46)(H,42,52)(H,43,47)(H,44,54)(H,45,53)(H,48,49)(H,50,51)(H4,38,39,40)/b9-5+,10-6+/t27-,28-,29?/m1/s1. The second-order valence-electron chi connectivity index (χ2n) is 12.8. The smallest absolute Gasteiger partial charge is 0.322 e. The molecule has 0 aromatic heterocycles. The minimum Gasteiger partial charge on any atom is -0.481 e. The molecule has 5 amide bonds. The third-order valence-electron chi connectivity index (χ3n) is 8.46. The molecule has 298 valence electrons. The Morgan fingerprint density at radius 1 is 0.679 bits per heavy atom. The Balaban J connectivity index is 1.51. The molecule has 2 aromatic carbocycles. The molecule has 3 atom stereocenters. The van der Waals surface area contributed by atoms with E-state index in [0.717, 1.165) is 27.8 Å². The topological polar surface area (TPSA) is 303 Å². The minimum atomic E-state index is -1.72. The van der Waals surface area contributed by atoms with Crippen molar-refractivity contribution in [3.05, 3.63) is 81.9 Å². The number of hydrogen-bond acceptors (Lipinski definition) is 10. The lowest BCUT2D eigenvalue weighted by atomic mass is 10.1. The number of carboxylic acids is 2. The number of hydrogen-bond donors (Lipinski definition) is 9. The quantitative estimate of drug-likeness (QED) is 0.0330. The van der Waals surface area contributed by atoms with E-state index in [9.17, 15) is 38.7 Å². The van der Waals surface area contributed by atoms with Gasteiger partial charge in [-0.3, -0.25) is 38.6 Å². The van der Waals surface area contributed by atoms with Gasteiger partial charge in [0.15, 0.2) is 5.96 Å². The molecule has 0 fully saturated rings. The Morgan fingerprint density at radius 3 is 1.80 bits per heavy atom. The van der Waals surface area contributed by atoms with Crippen molar-refractivity contribution >= 4 is 59.6 Å². The van der Waals surface area contributed by atoms with E-state index in [1.165, 1.54) is 18.2 Å². The second-order valence-corrected chi connectivity index (χ2v) is 12.8. The molecule has 56 heavy (non-hydrogen) atoms. The average Bonchev–Trinajstić information content (AvgIpc) is 3.83. The van der Waals surface area contributed by atoms with Crippen molar-refractivity contribution in [2.75, 3.05) is 19.6 Å². The molecule has 0 saturated carbocycles. The van der Waals surface area contributed by atoms with Crippen LogP contribution in [0.25, 0.3) is 12.2 Å². The van der Waals surface area contributed by atoms with Gasteiger partial charge < -0.3 is 57.7 Å². The fourth-order valence-electron chi connectivity index (χ4n) is 5.61. The fraction of sp³-hybridized carbons (Fsp3) is 0.351. The summed E-state index contributed by atoms with van der Waals surface area (Å²) in [7, 11) is 0. The van der Waals surface area contributed by atoms with Crippen LogP contribution in [0.4, 0.5) is 0 Å². The Morgan fingerprint density at radius 2 is 1.23 bits per heavy atom. The predicted molar refractivity (Wildman–Crippen MR) is 200 cm³/mol. The highest BCUT2D eigenvalue weighted by Gasteiger charge is 2.31. The Hall–Kier alpha value is -6.60. The summed E-state index contributed by atoms with van der Waals surface area (Å²) in [6.45, 7) is 0.653. The number of nitrogens with one attached hydrogen (secondary N) is 5. The second kappa shape index (κ2) is 20.7. The number of carbonyl (C=O) groups excluding carboxylic acids is 5. The Kier molecular flexibility index (Phi) is 15.6. The van der Waals surface area contributed by atoms with Crippen LogP contribution in [-0.4, -0.2) is 95.4 Å². The summed E-state index contributed by atoms with van der Waals surface area (Å²) in [5, 5.41) is 30.1.